The minimum Gasteiger partial charge on any atom is -0.497 e. The van der Waals surface area contributed by atoms with Gasteiger partial charge < -0.3 is 19.7 Å². The van der Waals surface area contributed by atoms with Crippen molar-refractivity contribution in [2.24, 2.45) is 0 Å². The smallest absolute Gasteiger partial charge is 0.264 e. The van der Waals surface area contributed by atoms with Gasteiger partial charge in [0.25, 0.3) is 10.0 Å². The maximum Gasteiger partial charge on any atom is 0.264 e. The van der Waals surface area contributed by atoms with Gasteiger partial charge in [-0.1, -0.05) is 35.0 Å². The van der Waals surface area contributed by atoms with Crippen LogP contribution in [0, 0.1) is 0 Å². The van der Waals surface area contributed by atoms with E-state index in [1.807, 2.05) is 26.0 Å². The second-order valence-electron chi connectivity index (χ2n) is 9.08. The van der Waals surface area contributed by atoms with Crippen molar-refractivity contribution < 1.29 is 27.5 Å². The number of carbonyl (C=O) groups excluding carboxylic acids is 2. The standard InChI is InChI=1S/C30H36BrN3O6S/c1-5-28(30(36)32-6-2)33(20-22-8-14-25(39-4)15-9-22)29(35)21-34(24-12-16-26(17-13-24)40-7-3)41(37,38)27-18-10-23(31)11-19-27/h8-19,28H,5-7,20-21H2,1-4H3,(H,32,36)/t28-/m0/s1. The summed E-state index contributed by atoms with van der Waals surface area (Å²) in [6, 6.07) is 19.1. The SMILES string of the molecule is CCNC(=O)[C@H](CC)N(Cc1ccc(OC)cc1)C(=O)CN(c1ccc(OCC)cc1)S(=O)(=O)c1ccc(Br)cc1. The molecule has 1 N–H and O–H groups in total. The summed E-state index contributed by atoms with van der Waals surface area (Å²) in [7, 11) is -2.60. The molecule has 0 bridgehead atoms. The van der Waals surface area contributed by atoms with Gasteiger partial charge in [-0.05, 0) is 86.5 Å². The van der Waals surface area contributed by atoms with Gasteiger partial charge in [-0.15, -0.1) is 0 Å². The van der Waals surface area contributed by atoms with Crippen LogP contribution in [-0.4, -0.2) is 58.0 Å². The maximum atomic E-state index is 14.0. The molecule has 0 spiro atoms. The van der Waals surface area contributed by atoms with Crippen molar-refractivity contribution in [3.05, 3.63) is 82.8 Å². The lowest BCUT2D eigenvalue weighted by Crippen LogP contribution is -2.52. The molecule has 41 heavy (non-hydrogen) atoms. The van der Waals surface area contributed by atoms with Crippen LogP contribution in [0.3, 0.4) is 0 Å². The van der Waals surface area contributed by atoms with Crippen LogP contribution < -0.4 is 19.1 Å². The predicted octanol–water partition coefficient (Wildman–Crippen LogP) is 5.00. The molecule has 3 aromatic carbocycles. The first-order valence-corrected chi connectivity index (χ1v) is 15.6. The average molecular weight is 647 g/mol. The van der Waals surface area contributed by atoms with E-state index in [4.69, 9.17) is 9.47 Å². The lowest BCUT2D eigenvalue weighted by atomic mass is 10.1. The molecule has 2 amide bonds. The van der Waals surface area contributed by atoms with Gasteiger partial charge >= 0.3 is 0 Å². The number of rotatable bonds is 14. The Morgan fingerprint density at radius 1 is 0.902 bits per heavy atom. The van der Waals surface area contributed by atoms with Crippen LogP contribution in [-0.2, 0) is 26.2 Å². The second-order valence-corrected chi connectivity index (χ2v) is 11.9. The molecule has 0 fully saturated rings. The van der Waals surface area contributed by atoms with Crippen molar-refractivity contribution in [2.45, 2.75) is 44.7 Å². The first kappa shape index (κ1) is 32.0. The Morgan fingerprint density at radius 3 is 2.05 bits per heavy atom. The zero-order valence-electron chi connectivity index (χ0n) is 23.7. The summed E-state index contributed by atoms with van der Waals surface area (Å²) < 4.78 is 40.4. The van der Waals surface area contributed by atoms with Crippen LogP contribution in [0.2, 0.25) is 0 Å². The molecule has 0 aliphatic carbocycles. The summed E-state index contributed by atoms with van der Waals surface area (Å²) in [6.45, 7) is 5.92. The third-order valence-corrected chi connectivity index (χ3v) is 8.68. The molecule has 3 aromatic rings. The minimum absolute atomic E-state index is 0.0276. The van der Waals surface area contributed by atoms with E-state index < -0.39 is 28.5 Å². The summed E-state index contributed by atoms with van der Waals surface area (Å²) in [6.07, 6.45) is 0.343. The molecule has 0 unspecified atom stereocenters. The number of nitrogens with zero attached hydrogens (tertiary/aromatic N) is 2. The molecule has 1 atom stereocenters. The van der Waals surface area contributed by atoms with Crippen molar-refractivity contribution in [1.29, 1.82) is 0 Å². The fraction of sp³-hybridized carbons (Fsp3) is 0.333. The van der Waals surface area contributed by atoms with E-state index in [9.17, 15) is 18.0 Å². The van der Waals surface area contributed by atoms with Crippen LogP contribution in [0.25, 0.3) is 0 Å². The number of amides is 2. The van der Waals surface area contributed by atoms with E-state index >= 15 is 0 Å². The molecule has 0 aliphatic rings. The maximum absolute atomic E-state index is 14.0. The molecule has 3 rings (SSSR count). The van der Waals surface area contributed by atoms with E-state index in [1.165, 1.54) is 17.0 Å². The number of carbonyl (C=O) groups is 2. The largest absolute Gasteiger partial charge is 0.497 e. The quantitative estimate of drug-likeness (QED) is 0.265. The number of benzene rings is 3. The van der Waals surface area contributed by atoms with E-state index in [0.29, 0.717) is 36.8 Å². The number of anilines is 1. The number of hydrogen-bond acceptors (Lipinski definition) is 6. The lowest BCUT2D eigenvalue weighted by Gasteiger charge is -2.33. The third-order valence-electron chi connectivity index (χ3n) is 6.37. The van der Waals surface area contributed by atoms with Crippen molar-refractivity contribution in [3.8, 4) is 11.5 Å². The Balaban J connectivity index is 2.05. The number of sulfonamides is 1. The minimum atomic E-state index is -4.16. The molecular formula is C30H36BrN3O6S. The van der Waals surface area contributed by atoms with Crippen molar-refractivity contribution >= 4 is 43.5 Å². The van der Waals surface area contributed by atoms with Gasteiger partial charge in [0.15, 0.2) is 0 Å². The van der Waals surface area contributed by atoms with E-state index in [1.54, 1.807) is 62.6 Å². The number of nitrogens with one attached hydrogen (secondary N) is 1. The molecule has 11 heteroatoms. The van der Waals surface area contributed by atoms with E-state index in [0.717, 1.165) is 14.3 Å². The van der Waals surface area contributed by atoms with Gasteiger partial charge in [-0.3, -0.25) is 13.9 Å². The molecule has 220 valence electrons. The fourth-order valence-electron chi connectivity index (χ4n) is 4.28. The summed E-state index contributed by atoms with van der Waals surface area (Å²) in [5.74, 6) is 0.408. The molecular weight excluding hydrogens is 610 g/mol. The third kappa shape index (κ3) is 8.23. The van der Waals surface area contributed by atoms with Gasteiger partial charge in [0.1, 0.15) is 24.1 Å². The summed E-state index contributed by atoms with van der Waals surface area (Å²) in [4.78, 5) is 28.6. The summed E-state index contributed by atoms with van der Waals surface area (Å²) in [5.41, 5.74) is 1.06. The highest BCUT2D eigenvalue weighted by atomic mass is 79.9. The Bertz CT molecular complexity index is 1400. The van der Waals surface area contributed by atoms with E-state index in [-0.39, 0.29) is 17.3 Å². The van der Waals surface area contributed by atoms with Crippen LogP contribution in [0.5, 0.6) is 11.5 Å². The predicted molar refractivity (Wildman–Crippen MR) is 163 cm³/mol. The van der Waals surface area contributed by atoms with Gasteiger partial charge in [0, 0.05) is 17.6 Å². The van der Waals surface area contributed by atoms with Crippen molar-refractivity contribution in [3.63, 3.8) is 0 Å². The van der Waals surface area contributed by atoms with Gasteiger partial charge in [0.2, 0.25) is 11.8 Å². The molecule has 0 aliphatic heterocycles. The molecule has 0 heterocycles. The summed E-state index contributed by atoms with van der Waals surface area (Å²) in [5, 5.41) is 2.80. The molecule has 0 radical (unpaired) electrons. The Morgan fingerprint density at radius 2 is 1.51 bits per heavy atom. The number of ether oxygens (including phenoxy) is 2. The number of methoxy groups -OCH3 is 1. The first-order chi connectivity index (χ1) is 19.6. The monoisotopic (exact) mass is 645 g/mol. The zero-order valence-corrected chi connectivity index (χ0v) is 26.1. The Kier molecular flexibility index (Phi) is 11.6. The molecule has 9 nitrogen and oxygen atoms in total. The Hall–Kier alpha value is -3.57. The highest BCUT2D eigenvalue weighted by Gasteiger charge is 2.33. The van der Waals surface area contributed by atoms with Crippen molar-refractivity contribution in [1.82, 2.24) is 10.2 Å². The number of halogens is 1. The zero-order chi connectivity index (χ0) is 30.0. The molecule has 0 saturated heterocycles. The van der Waals surface area contributed by atoms with Gasteiger partial charge in [0.05, 0.1) is 24.3 Å². The van der Waals surface area contributed by atoms with Crippen LogP contribution in [0.4, 0.5) is 5.69 Å². The second kappa shape index (κ2) is 14.9. The fourth-order valence-corrected chi connectivity index (χ4v) is 5.96. The molecule has 0 aromatic heterocycles. The highest BCUT2D eigenvalue weighted by Crippen LogP contribution is 2.28. The molecule has 0 saturated carbocycles. The highest BCUT2D eigenvalue weighted by molar-refractivity contribution is 9.10. The van der Waals surface area contributed by atoms with Crippen LogP contribution in [0.15, 0.2) is 82.2 Å². The average Bonchev–Trinajstić information content (AvgIpc) is 2.97. The van der Waals surface area contributed by atoms with Gasteiger partial charge in [-0.2, -0.15) is 0 Å². The number of hydrogen-bond donors (Lipinski definition) is 1. The first-order valence-electron chi connectivity index (χ1n) is 13.4. The lowest BCUT2D eigenvalue weighted by molar-refractivity contribution is -0.140. The Labute approximate surface area is 250 Å². The van der Waals surface area contributed by atoms with Gasteiger partial charge in [-0.25, -0.2) is 8.42 Å². The summed E-state index contributed by atoms with van der Waals surface area (Å²) >= 11 is 3.34. The number of likely N-dealkylation sites (N-methyl/N-ethyl adjacent to an activating group) is 1. The normalized spacial score (nSPS) is 11.8. The van der Waals surface area contributed by atoms with E-state index in [2.05, 4.69) is 21.2 Å². The van der Waals surface area contributed by atoms with Crippen LogP contribution in [0.1, 0.15) is 32.8 Å². The van der Waals surface area contributed by atoms with Crippen molar-refractivity contribution in [2.75, 3.05) is 31.1 Å². The topological polar surface area (TPSA) is 105 Å². The van der Waals surface area contributed by atoms with Crippen LogP contribution >= 0.6 is 15.9 Å².